The molecular weight excluding hydrogens is 265 g/mol. The SMILES string of the molecule is Fc1cc(-c2ccccc2COC2=CCCC=C2)ccn1. The fourth-order valence-electron chi connectivity index (χ4n) is 2.36. The second kappa shape index (κ2) is 6.35. The minimum Gasteiger partial charge on any atom is -0.489 e. The van der Waals surface area contributed by atoms with Crippen molar-refractivity contribution in [3.63, 3.8) is 0 Å². The van der Waals surface area contributed by atoms with Crippen molar-refractivity contribution in [3.8, 4) is 11.1 Å². The first-order chi connectivity index (χ1) is 10.3. The fraction of sp³-hybridized carbons (Fsp3) is 0.167. The molecule has 0 radical (unpaired) electrons. The van der Waals surface area contributed by atoms with Crippen LogP contribution >= 0.6 is 0 Å². The van der Waals surface area contributed by atoms with E-state index in [1.165, 1.54) is 12.3 Å². The number of hydrogen-bond acceptors (Lipinski definition) is 2. The van der Waals surface area contributed by atoms with Gasteiger partial charge in [-0.3, -0.25) is 0 Å². The van der Waals surface area contributed by atoms with Gasteiger partial charge in [-0.2, -0.15) is 4.39 Å². The molecule has 1 heterocycles. The van der Waals surface area contributed by atoms with Gasteiger partial charge >= 0.3 is 0 Å². The first-order valence-electron chi connectivity index (χ1n) is 7.02. The van der Waals surface area contributed by atoms with Crippen molar-refractivity contribution >= 4 is 0 Å². The molecule has 1 aliphatic carbocycles. The van der Waals surface area contributed by atoms with E-state index >= 15 is 0 Å². The van der Waals surface area contributed by atoms with Gasteiger partial charge in [-0.1, -0.05) is 30.3 Å². The highest BCUT2D eigenvalue weighted by Crippen LogP contribution is 2.25. The third kappa shape index (κ3) is 3.37. The Balaban J connectivity index is 1.82. The molecule has 3 rings (SSSR count). The van der Waals surface area contributed by atoms with Crippen LogP contribution in [0.4, 0.5) is 4.39 Å². The van der Waals surface area contributed by atoms with Gasteiger partial charge in [0.15, 0.2) is 0 Å². The number of nitrogens with zero attached hydrogens (tertiary/aromatic N) is 1. The molecule has 2 nitrogen and oxygen atoms in total. The zero-order valence-electron chi connectivity index (χ0n) is 11.6. The van der Waals surface area contributed by atoms with Gasteiger partial charge in [-0.15, -0.1) is 0 Å². The topological polar surface area (TPSA) is 22.1 Å². The van der Waals surface area contributed by atoms with E-state index in [0.29, 0.717) is 6.61 Å². The van der Waals surface area contributed by atoms with E-state index in [1.54, 1.807) is 0 Å². The molecule has 0 saturated carbocycles. The van der Waals surface area contributed by atoms with E-state index in [4.69, 9.17) is 4.74 Å². The van der Waals surface area contributed by atoms with Crippen molar-refractivity contribution in [1.29, 1.82) is 0 Å². The van der Waals surface area contributed by atoms with Crippen LogP contribution in [0.25, 0.3) is 11.1 Å². The molecule has 0 amide bonds. The van der Waals surface area contributed by atoms with Crippen molar-refractivity contribution in [1.82, 2.24) is 4.98 Å². The lowest BCUT2D eigenvalue weighted by Gasteiger charge is -2.13. The Labute approximate surface area is 123 Å². The van der Waals surface area contributed by atoms with E-state index in [-0.39, 0.29) is 0 Å². The number of ether oxygens (including phenoxy) is 1. The number of benzene rings is 1. The molecule has 1 aliphatic rings. The van der Waals surface area contributed by atoms with Gasteiger partial charge in [0.2, 0.25) is 5.95 Å². The molecule has 2 aromatic rings. The van der Waals surface area contributed by atoms with Gasteiger partial charge in [-0.05, 0) is 47.8 Å². The Hall–Kier alpha value is -2.42. The van der Waals surface area contributed by atoms with Crippen LogP contribution in [-0.2, 0) is 11.3 Å². The number of hydrogen-bond donors (Lipinski definition) is 0. The molecule has 0 atom stereocenters. The highest BCUT2D eigenvalue weighted by atomic mass is 19.1. The van der Waals surface area contributed by atoms with Crippen LogP contribution in [0.5, 0.6) is 0 Å². The summed E-state index contributed by atoms with van der Waals surface area (Å²) in [5.41, 5.74) is 2.82. The van der Waals surface area contributed by atoms with Crippen LogP contribution in [-0.4, -0.2) is 4.98 Å². The maximum absolute atomic E-state index is 13.3. The van der Waals surface area contributed by atoms with Crippen molar-refractivity contribution in [3.05, 3.63) is 78.1 Å². The van der Waals surface area contributed by atoms with Crippen molar-refractivity contribution in [2.24, 2.45) is 0 Å². The summed E-state index contributed by atoms with van der Waals surface area (Å²) in [7, 11) is 0. The number of rotatable bonds is 4. The molecule has 1 aromatic carbocycles. The summed E-state index contributed by atoms with van der Waals surface area (Å²) in [5, 5.41) is 0. The Morgan fingerprint density at radius 1 is 1.14 bits per heavy atom. The Kier molecular flexibility index (Phi) is 4.10. The summed E-state index contributed by atoms with van der Waals surface area (Å²) >= 11 is 0. The quantitative estimate of drug-likeness (QED) is 0.762. The summed E-state index contributed by atoms with van der Waals surface area (Å²) in [6.45, 7) is 0.469. The van der Waals surface area contributed by atoms with Crippen LogP contribution in [0, 0.1) is 5.95 Å². The summed E-state index contributed by atoms with van der Waals surface area (Å²) in [6.07, 6.45) is 9.77. The maximum Gasteiger partial charge on any atom is 0.213 e. The smallest absolute Gasteiger partial charge is 0.213 e. The molecule has 21 heavy (non-hydrogen) atoms. The van der Waals surface area contributed by atoms with Gasteiger partial charge in [0.25, 0.3) is 0 Å². The summed E-state index contributed by atoms with van der Waals surface area (Å²) < 4.78 is 19.1. The average molecular weight is 281 g/mol. The van der Waals surface area contributed by atoms with Gasteiger partial charge in [0.1, 0.15) is 12.4 Å². The lowest BCUT2D eigenvalue weighted by Crippen LogP contribution is -1.97. The Morgan fingerprint density at radius 3 is 2.86 bits per heavy atom. The summed E-state index contributed by atoms with van der Waals surface area (Å²) in [5.74, 6) is 0.429. The molecule has 0 unspecified atom stereocenters. The number of aromatic nitrogens is 1. The summed E-state index contributed by atoms with van der Waals surface area (Å²) in [6, 6.07) is 11.1. The van der Waals surface area contributed by atoms with Crippen LogP contribution in [0.2, 0.25) is 0 Å². The minimum atomic E-state index is -0.471. The summed E-state index contributed by atoms with van der Waals surface area (Å²) in [4.78, 5) is 3.60. The lowest BCUT2D eigenvalue weighted by atomic mass is 10.0. The number of pyridine rings is 1. The molecule has 0 fully saturated rings. The van der Waals surface area contributed by atoms with Crippen molar-refractivity contribution in [2.45, 2.75) is 19.4 Å². The fourth-order valence-corrected chi connectivity index (χ4v) is 2.36. The van der Waals surface area contributed by atoms with E-state index in [1.807, 2.05) is 36.4 Å². The number of halogens is 1. The highest BCUT2D eigenvalue weighted by Gasteiger charge is 2.07. The van der Waals surface area contributed by atoms with E-state index in [9.17, 15) is 4.39 Å². The molecular formula is C18H16FNO. The van der Waals surface area contributed by atoms with Crippen molar-refractivity contribution < 1.29 is 9.13 Å². The monoisotopic (exact) mass is 281 g/mol. The second-order valence-corrected chi connectivity index (χ2v) is 4.90. The number of allylic oxidation sites excluding steroid dienone is 3. The van der Waals surface area contributed by atoms with Crippen LogP contribution in [0.3, 0.4) is 0 Å². The van der Waals surface area contributed by atoms with Gasteiger partial charge < -0.3 is 4.74 Å². The highest BCUT2D eigenvalue weighted by molar-refractivity contribution is 5.66. The largest absolute Gasteiger partial charge is 0.489 e. The van der Waals surface area contributed by atoms with Crippen molar-refractivity contribution in [2.75, 3.05) is 0 Å². The third-order valence-corrected chi connectivity index (χ3v) is 3.41. The van der Waals surface area contributed by atoms with Crippen LogP contribution < -0.4 is 0 Å². The Bertz CT molecular complexity index is 691. The van der Waals surface area contributed by atoms with Gasteiger partial charge in [0, 0.05) is 12.3 Å². The molecule has 3 heteroatoms. The molecule has 0 bridgehead atoms. The van der Waals surface area contributed by atoms with E-state index in [0.717, 1.165) is 35.3 Å². The molecule has 0 spiro atoms. The van der Waals surface area contributed by atoms with Gasteiger partial charge in [0.05, 0.1) is 0 Å². The molecule has 0 aliphatic heterocycles. The van der Waals surface area contributed by atoms with Gasteiger partial charge in [-0.25, -0.2) is 4.98 Å². The zero-order valence-corrected chi connectivity index (χ0v) is 11.6. The third-order valence-electron chi connectivity index (χ3n) is 3.41. The molecule has 0 N–H and O–H groups in total. The second-order valence-electron chi connectivity index (χ2n) is 4.90. The van der Waals surface area contributed by atoms with Crippen LogP contribution in [0.15, 0.2) is 66.6 Å². The zero-order chi connectivity index (χ0) is 14.5. The minimum absolute atomic E-state index is 0.469. The molecule has 106 valence electrons. The molecule has 1 aromatic heterocycles. The molecule has 0 saturated heterocycles. The normalized spacial score (nSPS) is 13.9. The Morgan fingerprint density at radius 2 is 2.05 bits per heavy atom. The predicted molar refractivity (Wildman–Crippen MR) is 80.9 cm³/mol. The standard InChI is InChI=1S/C18H16FNO/c19-18-12-14(10-11-20-18)17-9-5-4-6-15(17)13-21-16-7-2-1-3-8-16/h2,4-12H,1,3,13H2. The first-order valence-corrected chi connectivity index (χ1v) is 7.02. The lowest BCUT2D eigenvalue weighted by molar-refractivity contribution is 0.209. The predicted octanol–water partition coefficient (Wildman–Crippen LogP) is 4.64. The average Bonchev–Trinajstić information content (AvgIpc) is 2.54. The first kappa shape index (κ1) is 13.6. The van der Waals surface area contributed by atoms with Crippen LogP contribution in [0.1, 0.15) is 18.4 Å². The van der Waals surface area contributed by atoms with E-state index in [2.05, 4.69) is 17.1 Å². The van der Waals surface area contributed by atoms with E-state index < -0.39 is 5.95 Å². The maximum atomic E-state index is 13.3.